The van der Waals surface area contributed by atoms with Gasteiger partial charge in [-0.15, -0.1) is 0 Å². The van der Waals surface area contributed by atoms with Crippen molar-refractivity contribution >= 4 is 44.8 Å². The fraction of sp³-hybridized carbons (Fsp3) is 0.333. The van der Waals surface area contributed by atoms with Gasteiger partial charge in [0.05, 0.1) is 16.2 Å². The summed E-state index contributed by atoms with van der Waals surface area (Å²) < 4.78 is 0.911. The van der Waals surface area contributed by atoms with Crippen LogP contribution in [0.2, 0.25) is 0 Å². The van der Waals surface area contributed by atoms with E-state index in [1.807, 2.05) is 12.1 Å². The van der Waals surface area contributed by atoms with Gasteiger partial charge in [-0.05, 0) is 49.6 Å². The smallest absolute Gasteiger partial charge is 0.270 e. The number of nitro benzene ring substituents is 1. The van der Waals surface area contributed by atoms with Crippen molar-refractivity contribution in [2.75, 3.05) is 29.9 Å². The molecule has 2 aromatic carbocycles. The molecule has 8 nitrogen and oxygen atoms in total. The predicted molar refractivity (Wildman–Crippen MR) is 119 cm³/mol. The number of benzene rings is 2. The van der Waals surface area contributed by atoms with Crippen LogP contribution in [-0.4, -0.2) is 36.4 Å². The molecule has 158 valence electrons. The SMILES string of the molecule is O=C(CCNC(=O)c1cc([N+](=O)[O-])ccc1N1CCCCC1)Nc1ccc(Br)cc1. The van der Waals surface area contributed by atoms with Gasteiger partial charge in [0.1, 0.15) is 0 Å². The maximum Gasteiger partial charge on any atom is 0.270 e. The summed E-state index contributed by atoms with van der Waals surface area (Å²) in [6.45, 7) is 1.75. The zero-order chi connectivity index (χ0) is 21.5. The fourth-order valence-corrected chi connectivity index (χ4v) is 3.64. The second-order valence-corrected chi connectivity index (χ2v) is 7.98. The van der Waals surface area contributed by atoms with Crippen molar-refractivity contribution in [3.63, 3.8) is 0 Å². The molecule has 1 aliphatic heterocycles. The molecule has 0 atom stereocenters. The van der Waals surface area contributed by atoms with Crippen LogP contribution < -0.4 is 15.5 Å². The molecule has 9 heteroatoms. The van der Waals surface area contributed by atoms with Crippen LogP contribution in [0.4, 0.5) is 17.1 Å². The molecule has 1 aliphatic rings. The maximum absolute atomic E-state index is 12.8. The number of carbonyl (C=O) groups excluding carboxylic acids is 2. The summed E-state index contributed by atoms with van der Waals surface area (Å²) in [5, 5.41) is 16.6. The van der Waals surface area contributed by atoms with Crippen LogP contribution in [0.1, 0.15) is 36.0 Å². The van der Waals surface area contributed by atoms with E-state index < -0.39 is 10.8 Å². The highest BCUT2D eigenvalue weighted by Crippen LogP contribution is 2.28. The van der Waals surface area contributed by atoms with Gasteiger partial charge in [-0.3, -0.25) is 19.7 Å². The highest BCUT2D eigenvalue weighted by Gasteiger charge is 2.21. The van der Waals surface area contributed by atoms with E-state index in [1.54, 1.807) is 18.2 Å². The van der Waals surface area contributed by atoms with Crippen LogP contribution in [0, 0.1) is 10.1 Å². The monoisotopic (exact) mass is 474 g/mol. The van der Waals surface area contributed by atoms with Crippen molar-refractivity contribution in [1.82, 2.24) is 5.32 Å². The van der Waals surface area contributed by atoms with E-state index in [4.69, 9.17) is 0 Å². The molecule has 2 aromatic rings. The first-order valence-electron chi connectivity index (χ1n) is 9.81. The topological polar surface area (TPSA) is 105 Å². The molecule has 1 saturated heterocycles. The number of non-ortho nitro benzene ring substituents is 1. The van der Waals surface area contributed by atoms with Crippen molar-refractivity contribution in [3.05, 3.63) is 62.6 Å². The molecular weight excluding hydrogens is 452 g/mol. The van der Waals surface area contributed by atoms with Crippen LogP contribution in [0.3, 0.4) is 0 Å². The number of nitrogens with zero attached hydrogens (tertiary/aromatic N) is 2. The number of nitrogens with one attached hydrogen (secondary N) is 2. The molecule has 1 fully saturated rings. The van der Waals surface area contributed by atoms with Crippen molar-refractivity contribution in [2.24, 2.45) is 0 Å². The maximum atomic E-state index is 12.8. The molecule has 0 spiro atoms. The Morgan fingerprint density at radius 2 is 1.77 bits per heavy atom. The lowest BCUT2D eigenvalue weighted by molar-refractivity contribution is -0.384. The van der Waals surface area contributed by atoms with E-state index in [9.17, 15) is 19.7 Å². The zero-order valence-electron chi connectivity index (χ0n) is 16.4. The van der Waals surface area contributed by atoms with Crippen LogP contribution >= 0.6 is 15.9 Å². The van der Waals surface area contributed by atoms with Crippen molar-refractivity contribution in [3.8, 4) is 0 Å². The van der Waals surface area contributed by atoms with Crippen LogP contribution in [0.25, 0.3) is 0 Å². The normalized spacial score (nSPS) is 13.6. The van der Waals surface area contributed by atoms with Gasteiger partial charge in [-0.25, -0.2) is 0 Å². The van der Waals surface area contributed by atoms with Crippen LogP contribution in [0.15, 0.2) is 46.9 Å². The van der Waals surface area contributed by atoms with Gasteiger partial charge in [0, 0.05) is 48.3 Å². The molecule has 0 radical (unpaired) electrons. The van der Waals surface area contributed by atoms with Crippen molar-refractivity contribution in [2.45, 2.75) is 25.7 Å². The number of rotatable bonds is 7. The average Bonchev–Trinajstić information content (AvgIpc) is 2.75. The van der Waals surface area contributed by atoms with Gasteiger partial charge in [-0.1, -0.05) is 15.9 Å². The standard InChI is InChI=1S/C21H23BrN4O4/c22-15-4-6-16(7-5-15)24-20(27)10-11-23-21(28)18-14-17(26(29)30)8-9-19(18)25-12-2-1-3-13-25/h4-9,14H,1-3,10-13H2,(H,23,28)(H,24,27). The van der Waals surface area contributed by atoms with Crippen molar-refractivity contribution in [1.29, 1.82) is 0 Å². The van der Waals surface area contributed by atoms with E-state index in [1.165, 1.54) is 12.1 Å². The number of halogens is 1. The molecule has 0 aromatic heterocycles. The van der Waals surface area contributed by atoms with Crippen molar-refractivity contribution < 1.29 is 14.5 Å². The summed E-state index contributed by atoms with van der Waals surface area (Å²) in [5.41, 5.74) is 1.49. The highest BCUT2D eigenvalue weighted by molar-refractivity contribution is 9.10. The molecular formula is C21H23BrN4O4. The van der Waals surface area contributed by atoms with Gasteiger partial charge in [0.2, 0.25) is 5.91 Å². The number of nitro groups is 1. The number of amides is 2. The molecule has 1 heterocycles. The third kappa shape index (κ3) is 5.79. The number of carbonyl (C=O) groups is 2. The largest absolute Gasteiger partial charge is 0.371 e. The lowest BCUT2D eigenvalue weighted by Crippen LogP contribution is -2.33. The first kappa shape index (κ1) is 21.8. The molecule has 3 rings (SSSR count). The molecule has 2 N–H and O–H groups in total. The Balaban J connectivity index is 1.63. The third-order valence-electron chi connectivity index (χ3n) is 4.90. The Labute approximate surface area is 182 Å². The second-order valence-electron chi connectivity index (χ2n) is 7.07. The molecule has 0 bridgehead atoms. The Morgan fingerprint density at radius 1 is 1.07 bits per heavy atom. The fourth-order valence-electron chi connectivity index (χ4n) is 3.37. The van der Waals surface area contributed by atoms with Gasteiger partial charge >= 0.3 is 0 Å². The number of anilines is 2. The van der Waals surface area contributed by atoms with Crippen LogP contribution in [0.5, 0.6) is 0 Å². The average molecular weight is 475 g/mol. The van der Waals surface area contributed by atoms with E-state index in [2.05, 4.69) is 31.5 Å². The van der Waals surface area contributed by atoms with Gasteiger partial charge < -0.3 is 15.5 Å². The summed E-state index contributed by atoms with van der Waals surface area (Å²) in [6, 6.07) is 11.6. The Morgan fingerprint density at radius 3 is 2.43 bits per heavy atom. The quantitative estimate of drug-likeness (QED) is 0.464. The van der Waals surface area contributed by atoms with Gasteiger partial charge in [0.25, 0.3) is 11.6 Å². The minimum Gasteiger partial charge on any atom is -0.371 e. The zero-order valence-corrected chi connectivity index (χ0v) is 18.0. The molecule has 2 amide bonds. The molecule has 0 saturated carbocycles. The first-order chi connectivity index (χ1) is 14.4. The number of piperidine rings is 1. The number of hydrogen-bond donors (Lipinski definition) is 2. The summed E-state index contributed by atoms with van der Waals surface area (Å²) in [5.74, 6) is -0.649. The van der Waals surface area contributed by atoms with Gasteiger partial charge in [0.15, 0.2) is 0 Å². The Kier molecular flexibility index (Phi) is 7.40. The highest BCUT2D eigenvalue weighted by atomic mass is 79.9. The number of hydrogen-bond acceptors (Lipinski definition) is 5. The third-order valence-corrected chi connectivity index (χ3v) is 5.43. The molecule has 0 aliphatic carbocycles. The van der Waals surface area contributed by atoms with E-state index >= 15 is 0 Å². The van der Waals surface area contributed by atoms with Gasteiger partial charge in [-0.2, -0.15) is 0 Å². The summed E-state index contributed by atoms with van der Waals surface area (Å²) >= 11 is 3.33. The Hall–Kier alpha value is -2.94. The summed E-state index contributed by atoms with van der Waals surface area (Å²) in [6.07, 6.45) is 3.27. The van der Waals surface area contributed by atoms with E-state index in [-0.39, 0.29) is 30.1 Å². The predicted octanol–water partition coefficient (Wildman–Crippen LogP) is 4.11. The van der Waals surface area contributed by atoms with E-state index in [0.29, 0.717) is 11.4 Å². The lowest BCUT2D eigenvalue weighted by Gasteiger charge is -2.30. The lowest BCUT2D eigenvalue weighted by atomic mass is 10.1. The second kappa shape index (κ2) is 10.2. The minimum absolute atomic E-state index is 0.0930. The molecule has 30 heavy (non-hydrogen) atoms. The summed E-state index contributed by atoms with van der Waals surface area (Å²) in [7, 11) is 0. The minimum atomic E-state index is -0.511. The molecule has 0 unspecified atom stereocenters. The first-order valence-corrected chi connectivity index (χ1v) is 10.6. The Bertz CT molecular complexity index is 927. The van der Waals surface area contributed by atoms with Crippen LogP contribution in [-0.2, 0) is 4.79 Å². The van der Waals surface area contributed by atoms with E-state index in [0.717, 1.165) is 36.8 Å². The summed E-state index contributed by atoms with van der Waals surface area (Å²) in [4.78, 5) is 37.6.